The van der Waals surface area contributed by atoms with Crippen LogP contribution in [-0.4, -0.2) is 40.7 Å². The van der Waals surface area contributed by atoms with Gasteiger partial charge in [-0.2, -0.15) is 0 Å². The Morgan fingerprint density at radius 2 is 1.82 bits per heavy atom. The number of aromatic nitrogens is 2. The van der Waals surface area contributed by atoms with E-state index in [4.69, 9.17) is 32.7 Å². The van der Waals surface area contributed by atoms with Crippen LogP contribution in [0.1, 0.15) is 43.0 Å². The first-order valence-corrected chi connectivity index (χ1v) is 16.3. The SMILES string of the molecule is COc1ccc(/C(O)=C2\C(=O)C(=O)N(c3nnc(SCc4ccc(Cl)cc4Cl)s3)C2c2cccc(OCCC(C)C)c2)cc1. The van der Waals surface area contributed by atoms with Crippen LogP contribution in [0.25, 0.3) is 5.76 Å². The fourth-order valence-electron chi connectivity index (χ4n) is 4.57. The number of carbonyl (C=O) groups excluding carboxylic acids is 2. The second-order valence-corrected chi connectivity index (χ2v) is 13.4. The van der Waals surface area contributed by atoms with Crippen LogP contribution < -0.4 is 14.4 Å². The van der Waals surface area contributed by atoms with Crippen LogP contribution in [0.3, 0.4) is 0 Å². The van der Waals surface area contributed by atoms with Crippen LogP contribution in [0.15, 0.2) is 76.6 Å². The van der Waals surface area contributed by atoms with Crippen molar-refractivity contribution in [1.82, 2.24) is 10.2 Å². The number of anilines is 1. The van der Waals surface area contributed by atoms with Gasteiger partial charge in [0.25, 0.3) is 5.78 Å². The van der Waals surface area contributed by atoms with Gasteiger partial charge in [0.05, 0.1) is 25.3 Å². The van der Waals surface area contributed by atoms with Crippen LogP contribution in [0.2, 0.25) is 10.0 Å². The number of aliphatic hydroxyl groups excluding tert-OH is 1. The standard InChI is InChI=1S/C32H29Cl2N3O5S2/c1-18(2)13-14-42-24-6-4-5-20(15-24)27-26(28(38)19-8-11-23(41-3)12-9-19)29(39)30(40)37(27)31-35-36-32(44-31)43-17-21-7-10-22(33)16-25(21)34/h4-12,15-16,18,27,38H,13-14,17H2,1-3H3/b28-26+. The zero-order valence-electron chi connectivity index (χ0n) is 24.1. The summed E-state index contributed by atoms with van der Waals surface area (Å²) in [7, 11) is 1.54. The van der Waals surface area contributed by atoms with Crippen LogP contribution in [-0.2, 0) is 15.3 Å². The molecule has 0 spiro atoms. The van der Waals surface area contributed by atoms with Crippen molar-refractivity contribution in [3.63, 3.8) is 0 Å². The zero-order chi connectivity index (χ0) is 31.4. The maximum atomic E-state index is 13.6. The molecule has 1 aliphatic rings. The van der Waals surface area contributed by atoms with Gasteiger partial charge in [-0.3, -0.25) is 14.5 Å². The van der Waals surface area contributed by atoms with Crippen molar-refractivity contribution in [2.24, 2.45) is 5.92 Å². The number of ether oxygens (including phenoxy) is 2. The molecule has 1 unspecified atom stereocenters. The molecule has 1 N–H and O–H groups in total. The molecule has 0 bridgehead atoms. The van der Waals surface area contributed by atoms with Gasteiger partial charge < -0.3 is 14.6 Å². The molecule has 3 aromatic carbocycles. The number of ketones is 1. The predicted octanol–water partition coefficient (Wildman–Crippen LogP) is 8.20. The highest BCUT2D eigenvalue weighted by molar-refractivity contribution is 8.00. The molecule has 1 saturated heterocycles. The maximum absolute atomic E-state index is 13.6. The highest BCUT2D eigenvalue weighted by Gasteiger charge is 2.48. The van der Waals surface area contributed by atoms with Gasteiger partial charge in [0, 0.05) is 21.4 Å². The van der Waals surface area contributed by atoms with E-state index in [-0.39, 0.29) is 16.5 Å². The molecule has 8 nitrogen and oxygen atoms in total. The minimum Gasteiger partial charge on any atom is -0.507 e. The van der Waals surface area contributed by atoms with Crippen molar-refractivity contribution in [1.29, 1.82) is 0 Å². The third-order valence-corrected chi connectivity index (χ3v) is 9.61. The number of carbonyl (C=O) groups is 2. The lowest BCUT2D eigenvalue weighted by atomic mass is 9.95. The van der Waals surface area contributed by atoms with Gasteiger partial charge in [0.15, 0.2) is 4.34 Å². The minimum atomic E-state index is -0.970. The van der Waals surface area contributed by atoms with E-state index in [1.165, 1.54) is 35.1 Å². The lowest BCUT2D eigenvalue weighted by Gasteiger charge is -2.23. The number of nitrogens with zero attached hydrogens (tertiary/aromatic N) is 3. The molecule has 44 heavy (non-hydrogen) atoms. The number of benzene rings is 3. The third kappa shape index (κ3) is 7.04. The Morgan fingerprint density at radius 3 is 2.52 bits per heavy atom. The number of rotatable bonds is 11. The van der Waals surface area contributed by atoms with E-state index < -0.39 is 17.7 Å². The molecule has 0 radical (unpaired) electrons. The Morgan fingerprint density at radius 1 is 1.05 bits per heavy atom. The zero-order valence-corrected chi connectivity index (χ0v) is 27.3. The number of hydrogen-bond acceptors (Lipinski definition) is 9. The number of amides is 1. The monoisotopic (exact) mass is 669 g/mol. The van der Waals surface area contributed by atoms with Crippen molar-refractivity contribution in [3.05, 3.63) is 99.0 Å². The normalized spacial score (nSPS) is 16.1. The molecule has 0 saturated carbocycles. The summed E-state index contributed by atoms with van der Waals surface area (Å²) in [5.74, 6) is 0.197. The molecule has 0 aliphatic carbocycles. The van der Waals surface area contributed by atoms with Crippen molar-refractivity contribution < 1.29 is 24.2 Å². The summed E-state index contributed by atoms with van der Waals surface area (Å²) in [6, 6.07) is 18.1. The van der Waals surface area contributed by atoms with E-state index in [0.29, 0.717) is 55.3 Å². The summed E-state index contributed by atoms with van der Waals surface area (Å²) >= 11 is 14.9. The first kappa shape index (κ1) is 31.8. The highest BCUT2D eigenvalue weighted by atomic mass is 35.5. The fraction of sp³-hybridized carbons (Fsp3) is 0.250. The molecule has 1 aromatic heterocycles. The van der Waals surface area contributed by atoms with E-state index in [2.05, 4.69) is 24.0 Å². The van der Waals surface area contributed by atoms with Gasteiger partial charge in [-0.1, -0.05) is 78.3 Å². The number of aliphatic hydroxyl groups is 1. The molecule has 228 valence electrons. The number of halogens is 2. The summed E-state index contributed by atoms with van der Waals surface area (Å²) in [5, 5.41) is 21.3. The lowest BCUT2D eigenvalue weighted by molar-refractivity contribution is -0.132. The molecule has 1 atom stereocenters. The predicted molar refractivity (Wildman–Crippen MR) is 175 cm³/mol. The number of Topliss-reactive ketones (excluding diaryl/α,β-unsaturated/α-hetero) is 1. The van der Waals surface area contributed by atoms with Gasteiger partial charge in [-0.25, -0.2) is 0 Å². The van der Waals surface area contributed by atoms with Crippen LogP contribution in [0.4, 0.5) is 5.13 Å². The van der Waals surface area contributed by atoms with Gasteiger partial charge in [0.2, 0.25) is 5.13 Å². The first-order chi connectivity index (χ1) is 21.2. The summed E-state index contributed by atoms with van der Waals surface area (Å²) in [4.78, 5) is 28.5. The van der Waals surface area contributed by atoms with E-state index in [0.717, 1.165) is 12.0 Å². The van der Waals surface area contributed by atoms with E-state index in [9.17, 15) is 14.7 Å². The molecule has 2 heterocycles. The van der Waals surface area contributed by atoms with Gasteiger partial charge in [-0.05, 0) is 72.0 Å². The lowest BCUT2D eigenvalue weighted by Crippen LogP contribution is -2.29. The van der Waals surface area contributed by atoms with Gasteiger partial charge in [-0.15, -0.1) is 10.2 Å². The number of hydrogen-bond donors (Lipinski definition) is 1. The van der Waals surface area contributed by atoms with Gasteiger partial charge >= 0.3 is 5.91 Å². The quantitative estimate of drug-likeness (QED) is 0.0561. The third-order valence-electron chi connectivity index (χ3n) is 6.91. The smallest absolute Gasteiger partial charge is 0.301 e. The Labute approximate surface area is 273 Å². The Hall–Kier alpha value is -3.57. The summed E-state index contributed by atoms with van der Waals surface area (Å²) in [6.07, 6.45) is 0.868. The second-order valence-electron chi connectivity index (χ2n) is 10.4. The summed E-state index contributed by atoms with van der Waals surface area (Å²) in [6.45, 7) is 4.75. The van der Waals surface area contributed by atoms with Crippen LogP contribution in [0.5, 0.6) is 11.5 Å². The molecule has 4 aromatic rings. The fourth-order valence-corrected chi connectivity index (χ4v) is 7.00. The van der Waals surface area contributed by atoms with E-state index in [1.54, 1.807) is 54.6 Å². The van der Waals surface area contributed by atoms with E-state index >= 15 is 0 Å². The molecular formula is C32H29Cl2N3O5S2. The maximum Gasteiger partial charge on any atom is 0.301 e. The molecule has 1 fully saturated rings. The van der Waals surface area contributed by atoms with Gasteiger partial charge in [0.1, 0.15) is 17.3 Å². The number of methoxy groups -OCH3 is 1. The van der Waals surface area contributed by atoms with Crippen LogP contribution >= 0.6 is 46.3 Å². The van der Waals surface area contributed by atoms with Crippen molar-refractivity contribution in [2.75, 3.05) is 18.6 Å². The molecular weight excluding hydrogens is 641 g/mol. The first-order valence-electron chi connectivity index (χ1n) is 13.7. The summed E-state index contributed by atoms with van der Waals surface area (Å²) in [5.41, 5.74) is 1.76. The van der Waals surface area contributed by atoms with Crippen molar-refractivity contribution in [3.8, 4) is 11.5 Å². The Balaban J connectivity index is 1.52. The highest BCUT2D eigenvalue weighted by Crippen LogP contribution is 2.45. The van der Waals surface area contributed by atoms with Crippen LogP contribution in [0, 0.1) is 5.92 Å². The Bertz CT molecular complexity index is 1710. The largest absolute Gasteiger partial charge is 0.507 e. The Kier molecular flexibility index (Phi) is 10.2. The van der Waals surface area contributed by atoms with Crippen molar-refractivity contribution >= 4 is 68.9 Å². The average molecular weight is 671 g/mol. The second kappa shape index (κ2) is 14.0. The molecule has 1 aliphatic heterocycles. The van der Waals surface area contributed by atoms with Crippen molar-refractivity contribution in [2.45, 2.75) is 36.4 Å². The summed E-state index contributed by atoms with van der Waals surface area (Å²) < 4.78 is 11.8. The molecule has 12 heteroatoms. The molecule has 1 amide bonds. The topological polar surface area (TPSA) is 102 Å². The number of thioether (sulfide) groups is 1. The molecule has 5 rings (SSSR count). The average Bonchev–Trinajstić information content (AvgIpc) is 3.58. The minimum absolute atomic E-state index is 0.0585. The van der Waals surface area contributed by atoms with E-state index in [1.807, 2.05) is 12.1 Å².